The molecule has 1 aromatic carbocycles. The zero-order valence-corrected chi connectivity index (χ0v) is 13.0. The second-order valence-electron chi connectivity index (χ2n) is 5.05. The van der Waals surface area contributed by atoms with Crippen molar-refractivity contribution in [2.45, 2.75) is 25.7 Å². The normalized spacial score (nSPS) is 19.0. The molecule has 1 aromatic heterocycles. The molecule has 0 spiro atoms. The maximum atomic E-state index is 12.6. The average molecular weight is 335 g/mol. The number of hydrogen-bond acceptors (Lipinski definition) is 2. The maximum absolute atomic E-state index is 12.6. The van der Waals surface area contributed by atoms with Crippen LogP contribution in [0.1, 0.15) is 33.6 Å². The van der Waals surface area contributed by atoms with Gasteiger partial charge in [-0.25, -0.2) is 0 Å². The standard InChI is InChI=1S/C16H15BrOS/c17-13-9-14(19-10-13)8-12-6-3-5-11-4-1-2-7-15(11)16(12)18/h1-2,4,7,9-10,12H,3,5-6,8H2. The largest absolute Gasteiger partial charge is 0.294 e. The van der Waals surface area contributed by atoms with E-state index in [4.69, 9.17) is 0 Å². The SMILES string of the molecule is O=C1c2ccccc2CCCC1Cc1cc(Br)cs1. The molecule has 19 heavy (non-hydrogen) atoms. The zero-order chi connectivity index (χ0) is 13.2. The molecule has 3 heteroatoms. The Kier molecular flexibility index (Phi) is 3.85. The third-order valence-electron chi connectivity index (χ3n) is 3.72. The molecule has 1 aliphatic rings. The molecule has 1 aliphatic carbocycles. The average Bonchev–Trinajstić information content (AvgIpc) is 2.75. The molecular formula is C16H15BrOS. The van der Waals surface area contributed by atoms with Crippen LogP contribution in [0.4, 0.5) is 0 Å². The Hall–Kier alpha value is -0.930. The summed E-state index contributed by atoms with van der Waals surface area (Å²) >= 11 is 5.21. The molecule has 1 unspecified atom stereocenters. The van der Waals surface area contributed by atoms with Gasteiger partial charge in [-0.2, -0.15) is 0 Å². The van der Waals surface area contributed by atoms with Crippen molar-refractivity contribution in [3.05, 3.63) is 56.2 Å². The van der Waals surface area contributed by atoms with E-state index >= 15 is 0 Å². The molecule has 0 fully saturated rings. The van der Waals surface area contributed by atoms with Gasteiger partial charge >= 0.3 is 0 Å². The third kappa shape index (κ3) is 2.82. The van der Waals surface area contributed by atoms with Gasteiger partial charge < -0.3 is 0 Å². The van der Waals surface area contributed by atoms with E-state index in [-0.39, 0.29) is 5.92 Å². The van der Waals surface area contributed by atoms with Crippen molar-refractivity contribution in [1.82, 2.24) is 0 Å². The second-order valence-corrected chi connectivity index (χ2v) is 6.96. The van der Waals surface area contributed by atoms with Gasteiger partial charge in [0, 0.05) is 26.2 Å². The highest BCUT2D eigenvalue weighted by molar-refractivity contribution is 9.10. The molecule has 2 aromatic rings. The molecule has 1 heterocycles. The Bertz CT molecular complexity index is 602. The number of carbonyl (C=O) groups excluding carboxylic acids is 1. The summed E-state index contributed by atoms with van der Waals surface area (Å²) < 4.78 is 1.12. The van der Waals surface area contributed by atoms with Gasteiger partial charge in [-0.3, -0.25) is 4.79 Å². The lowest BCUT2D eigenvalue weighted by molar-refractivity contribution is 0.0916. The van der Waals surface area contributed by atoms with Crippen LogP contribution in [0.3, 0.4) is 0 Å². The molecule has 98 valence electrons. The Morgan fingerprint density at radius 1 is 1.32 bits per heavy atom. The lowest BCUT2D eigenvalue weighted by Crippen LogP contribution is -2.16. The number of aryl methyl sites for hydroxylation is 1. The number of halogens is 1. The van der Waals surface area contributed by atoms with Crippen LogP contribution >= 0.6 is 27.3 Å². The van der Waals surface area contributed by atoms with E-state index in [9.17, 15) is 4.79 Å². The van der Waals surface area contributed by atoms with Crippen molar-refractivity contribution >= 4 is 33.0 Å². The van der Waals surface area contributed by atoms with Crippen LogP contribution in [0, 0.1) is 5.92 Å². The minimum absolute atomic E-state index is 0.147. The highest BCUT2D eigenvalue weighted by Crippen LogP contribution is 2.29. The van der Waals surface area contributed by atoms with E-state index in [1.807, 2.05) is 18.2 Å². The first-order valence-corrected chi connectivity index (χ1v) is 8.26. The Morgan fingerprint density at radius 3 is 2.95 bits per heavy atom. The highest BCUT2D eigenvalue weighted by atomic mass is 79.9. The van der Waals surface area contributed by atoms with E-state index in [0.29, 0.717) is 5.78 Å². The molecule has 0 bridgehead atoms. The minimum atomic E-state index is 0.147. The van der Waals surface area contributed by atoms with Gasteiger partial charge in [0.05, 0.1) is 0 Å². The number of hydrogen-bond donors (Lipinski definition) is 0. The van der Waals surface area contributed by atoms with Crippen molar-refractivity contribution in [3.63, 3.8) is 0 Å². The van der Waals surface area contributed by atoms with E-state index in [1.54, 1.807) is 11.3 Å². The van der Waals surface area contributed by atoms with Crippen molar-refractivity contribution < 1.29 is 4.79 Å². The van der Waals surface area contributed by atoms with Gasteiger partial charge in [0.15, 0.2) is 5.78 Å². The third-order valence-corrected chi connectivity index (χ3v) is 5.44. The molecular weight excluding hydrogens is 320 g/mol. The van der Waals surface area contributed by atoms with Gasteiger partial charge in [-0.15, -0.1) is 11.3 Å². The monoisotopic (exact) mass is 334 g/mol. The van der Waals surface area contributed by atoms with Crippen molar-refractivity contribution in [2.75, 3.05) is 0 Å². The van der Waals surface area contributed by atoms with Gasteiger partial charge in [0.2, 0.25) is 0 Å². The molecule has 0 saturated carbocycles. The Morgan fingerprint density at radius 2 is 2.16 bits per heavy atom. The van der Waals surface area contributed by atoms with Gasteiger partial charge in [-0.05, 0) is 53.2 Å². The van der Waals surface area contributed by atoms with E-state index in [2.05, 4.69) is 33.4 Å². The number of Topliss-reactive ketones (excluding diaryl/α,β-unsaturated/α-hetero) is 1. The second kappa shape index (κ2) is 5.59. The summed E-state index contributed by atoms with van der Waals surface area (Å²) in [5.74, 6) is 0.479. The molecule has 0 N–H and O–H groups in total. The van der Waals surface area contributed by atoms with Gasteiger partial charge in [0.1, 0.15) is 0 Å². The molecule has 1 atom stereocenters. The first-order chi connectivity index (χ1) is 9.24. The molecule has 1 nitrogen and oxygen atoms in total. The van der Waals surface area contributed by atoms with E-state index in [1.165, 1.54) is 10.4 Å². The van der Waals surface area contributed by atoms with E-state index in [0.717, 1.165) is 35.7 Å². The summed E-state index contributed by atoms with van der Waals surface area (Å²) in [6.45, 7) is 0. The maximum Gasteiger partial charge on any atom is 0.166 e. The summed E-state index contributed by atoms with van der Waals surface area (Å²) in [4.78, 5) is 13.9. The van der Waals surface area contributed by atoms with Crippen molar-refractivity contribution in [2.24, 2.45) is 5.92 Å². The Labute approximate surface area is 125 Å². The molecule has 0 radical (unpaired) electrons. The molecule has 0 saturated heterocycles. The van der Waals surface area contributed by atoms with Crippen LogP contribution < -0.4 is 0 Å². The molecule has 3 rings (SSSR count). The first-order valence-electron chi connectivity index (χ1n) is 6.59. The number of benzene rings is 1. The number of carbonyl (C=O) groups is 1. The van der Waals surface area contributed by atoms with Crippen molar-refractivity contribution in [3.8, 4) is 0 Å². The van der Waals surface area contributed by atoms with Crippen LogP contribution in [0.25, 0.3) is 0 Å². The van der Waals surface area contributed by atoms with Gasteiger partial charge in [0.25, 0.3) is 0 Å². The fourth-order valence-electron chi connectivity index (χ4n) is 2.77. The van der Waals surface area contributed by atoms with Crippen LogP contribution in [0.2, 0.25) is 0 Å². The summed E-state index contributed by atoms with van der Waals surface area (Å²) in [6, 6.07) is 10.2. The lowest BCUT2D eigenvalue weighted by Gasteiger charge is -2.12. The quantitative estimate of drug-likeness (QED) is 0.714. The fourth-order valence-corrected chi connectivity index (χ4v) is 4.30. The smallest absolute Gasteiger partial charge is 0.166 e. The summed E-state index contributed by atoms with van der Waals surface area (Å²) in [6.07, 6.45) is 4.03. The summed E-state index contributed by atoms with van der Waals surface area (Å²) in [5, 5.41) is 2.09. The summed E-state index contributed by atoms with van der Waals surface area (Å²) in [5.41, 5.74) is 2.17. The fraction of sp³-hybridized carbons (Fsp3) is 0.312. The number of fused-ring (bicyclic) bond motifs is 1. The number of thiophene rings is 1. The van der Waals surface area contributed by atoms with Crippen LogP contribution in [-0.4, -0.2) is 5.78 Å². The van der Waals surface area contributed by atoms with E-state index < -0.39 is 0 Å². The zero-order valence-electron chi connectivity index (χ0n) is 10.6. The topological polar surface area (TPSA) is 17.1 Å². The predicted octanol–water partition coefficient (Wildman–Crippen LogP) is 4.89. The first kappa shape index (κ1) is 13.1. The predicted molar refractivity (Wildman–Crippen MR) is 82.9 cm³/mol. The van der Waals surface area contributed by atoms with Crippen LogP contribution in [-0.2, 0) is 12.8 Å². The van der Waals surface area contributed by atoms with Crippen LogP contribution in [0.5, 0.6) is 0 Å². The van der Waals surface area contributed by atoms with Crippen molar-refractivity contribution in [1.29, 1.82) is 0 Å². The number of ketones is 1. The Balaban J connectivity index is 1.85. The molecule has 0 amide bonds. The number of rotatable bonds is 2. The minimum Gasteiger partial charge on any atom is -0.294 e. The van der Waals surface area contributed by atoms with Gasteiger partial charge in [-0.1, -0.05) is 24.3 Å². The molecule has 0 aliphatic heterocycles. The summed E-state index contributed by atoms with van der Waals surface area (Å²) in [7, 11) is 0. The van der Waals surface area contributed by atoms with Crippen LogP contribution in [0.15, 0.2) is 40.2 Å². The highest BCUT2D eigenvalue weighted by Gasteiger charge is 2.25. The lowest BCUT2D eigenvalue weighted by atomic mass is 9.92.